The van der Waals surface area contributed by atoms with Crippen LogP contribution in [0.25, 0.3) is 0 Å². The van der Waals surface area contributed by atoms with Gasteiger partial charge in [0.15, 0.2) is 11.6 Å². The number of nitro benzene ring substituents is 1. The molecule has 0 aliphatic carbocycles. The highest BCUT2D eigenvalue weighted by atomic mass is 32.2. The molecule has 0 atom stereocenters. The van der Waals surface area contributed by atoms with E-state index < -0.39 is 20.8 Å². The van der Waals surface area contributed by atoms with Gasteiger partial charge in [-0.2, -0.15) is 4.31 Å². The summed E-state index contributed by atoms with van der Waals surface area (Å²) >= 11 is 0. The standard InChI is InChI=1S/C18H20FN3O5S/c1-27-18-6-5-14(11-17(18)19)13-20-7-9-21(10-8-20)28(25,26)16-4-2-3-15(12-16)22(23)24/h2-6,11-12H,7-10,13H2,1H3. The number of benzene rings is 2. The predicted octanol–water partition coefficient (Wildman–Crippen LogP) is 2.25. The van der Waals surface area contributed by atoms with Crippen LogP contribution in [0.4, 0.5) is 10.1 Å². The number of methoxy groups -OCH3 is 1. The van der Waals surface area contributed by atoms with Gasteiger partial charge in [-0.05, 0) is 23.8 Å². The first-order valence-electron chi connectivity index (χ1n) is 8.60. The number of piperazine rings is 1. The van der Waals surface area contributed by atoms with Crippen molar-refractivity contribution in [1.82, 2.24) is 9.21 Å². The van der Waals surface area contributed by atoms with Crippen molar-refractivity contribution in [3.05, 3.63) is 64.0 Å². The zero-order valence-electron chi connectivity index (χ0n) is 15.2. The molecule has 0 amide bonds. The average Bonchev–Trinajstić information content (AvgIpc) is 2.68. The van der Waals surface area contributed by atoms with E-state index in [9.17, 15) is 22.9 Å². The first-order chi connectivity index (χ1) is 13.3. The van der Waals surface area contributed by atoms with Crippen LogP contribution in [-0.2, 0) is 16.6 Å². The third-order valence-electron chi connectivity index (χ3n) is 4.62. The fraction of sp³-hybridized carbons (Fsp3) is 0.333. The first-order valence-corrected chi connectivity index (χ1v) is 10.0. The molecule has 1 heterocycles. The van der Waals surface area contributed by atoms with Crippen molar-refractivity contribution in [2.75, 3.05) is 33.3 Å². The van der Waals surface area contributed by atoms with Crippen molar-refractivity contribution in [3.63, 3.8) is 0 Å². The van der Waals surface area contributed by atoms with E-state index in [1.165, 1.54) is 35.7 Å². The Kier molecular flexibility index (Phi) is 5.92. The van der Waals surface area contributed by atoms with Crippen LogP contribution < -0.4 is 4.74 Å². The predicted molar refractivity (Wildman–Crippen MR) is 100 cm³/mol. The molecule has 0 unspecified atom stereocenters. The average molecular weight is 409 g/mol. The van der Waals surface area contributed by atoms with Gasteiger partial charge in [-0.3, -0.25) is 15.0 Å². The third-order valence-corrected chi connectivity index (χ3v) is 6.51. The topological polar surface area (TPSA) is 93.0 Å². The number of hydrogen-bond donors (Lipinski definition) is 0. The Morgan fingerprint density at radius 2 is 1.86 bits per heavy atom. The first kappa shape index (κ1) is 20.2. The van der Waals surface area contributed by atoms with Gasteiger partial charge in [0.25, 0.3) is 5.69 Å². The highest BCUT2D eigenvalue weighted by Crippen LogP contribution is 2.23. The van der Waals surface area contributed by atoms with Gasteiger partial charge in [0.2, 0.25) is 10.0 Å². The van der Waals surface area contributed by atoms with E-state index in [-0.39, 0.29) is 29.4 Å². The molecule has 150 valence electrons. The molecule has 2 aromatic rings. The fourth-order valence-corrected chi connectivity index (χ4v) is 4.56. The second-order valence-electron chi connectivity index (χ2n) is 6.40. The lowest BCUT2D eigenvalue weighted by Gasteiger charge is -2.34. The molecule has 0 aromatic heterocycles. The maximum atomic E-state index is 13.8. The second kappa shape index (κ2) is 8.21. The van der Waals surface area contributed by atoms with E-state index in [4.69, 9.17) is 4.74 Å². The largest absolute Gasteiger partial charge is 0.494 e. The Labute approximate surface area is 162 Å². The minimum absolute atomic E-state index is 0.0904. The number of nitro groups is 1. The molecule has 0 bridgehead atoms. The van der Waals surface area contributed by atoms with Crippen molar-refractivity contribution >= 4 is 15.7 Å². The van der Waals surface area contributed by atoms with Crippen LogP contribution >= 0.6 is 0 Å². The van der Waals surface area contributed by atoms with Crippen molar-refractivity contribution in [2.24, 2.45) is 0 Å². The second-order valence-corrected chi connectivity index (χ2v) is 8.34. The molecule has 1 saturated heterocycles. The highest BCUT2D eigenvalue weighted by molar-refractivity contribution is 7.89. The van der Waals surface area contributed by atoms with Crippen LogP contribution in [0.15, 0.2) is 47.4 Å². The lowest BCUT2D eigenvalue weighted by Crippen LogP contribution is -2.48. The van der Waals surface area contributed by atoms with Gasteiger partial charge in [0.1, 0.15) is 0 Å². The summed E-state index contributed by atoms with van der Waals surface area (Å²) in [6.07, 6.45) is 0. The molecule has 3 rings (SSSR count). The Hall–Kier alpha value is -2.56. The molecule has 8 nitrogen and oxygen atoms in total. The molecule has 1 aliphatic rings. The zero-order valence-corrected chi connectivity index (χ0v) is 16.1. The Bertz CT molecular complexity index is 975. The van der Waals surface area contributed by atoms with Gasteiger partial charge in [-0.1, -0.05) is 12.1 Å². The van der Waals surface area contributed by atoms with E-state index in [0.717, 1.165) is 11.6 Å². The van der Waals surface area contributed by atoms with E-state index in [2.05, 4.69) is 0 Å². The van der Waals surface area contributed by atoms with Crippen molar-refractivity contribution in [3.8, 4) is 5.75 Å². The van der Waals surface area contributed by atoms with Gasteiger partial charge in [0, 0.05) is 44.9 Å². The number of halogens is 1. The lowest BCUT2D eigenvalue weighted by molar-refractivity contribution is -0.385. The summed E-state index contributed by atoms with van der Waals surface area (Å²) in [6, 6.07) is 9.79. The van der Waals surface area contributed by atoms with Crippen molar-refractivity contribution in [2.45, 2.75) is 11.4 Å². The molecular weight excluding hydrogens is 389 g/mol. The SMILES string of the molecule is COc1ccc(CN2CCN(S(=O)(=O)c3cccc([N+](=O)[O-])c3)CC2)cc1F. The van der Waals surface area contributed by atoms with Gasteiger partial charge in [0.05, 0.1) is 16.9 Å². The molecule has 0 spiro atoms. The summed E-state index contributed by atoms with van der Waals surface area (Å²) in [4.78, 5) is 12.2. The van der Waals surface area contributed by atoms with Gasteiger partial charge in [-0.25, -0.2) is 12.8 Å². The molecule has 1 aliphatic heterocycles. The third kappa shape index (κ3) is 4.29. The van der Waals surface area contributed by atoms with Gasteiger partial charge >= 0.3 is 0 Å². The number of ether oxygens (including phenoxy) is 1. The quantitative estimate of drug-likeness (QED) is 0.537. The Morgan fingerprint density at radius 1 is 1.14 bits per heavy atom. The smallest absolute Gasteiger partial charge is 0.270 e. The van der Waals surface area contributed by atoms with E-state index >= 15 is 0 Å². The van der Waals surface area contributed by atoms with Crippen LogP contribution in [0.3, 0.4) is 0 Å². The van der Waals surface area contributed by atoms with Crippen LogP contribution in [0.5, 0.6) is 5.75 Å². The molecule has 28 heavy (non-hydrogen) atoms. The molecule has 2 aromatic carbocycles. The zero-order chi connectivity index (χ0) is 20.3. The summed E-state index contributed by atoms with van der Waals surface area (Å²) in [7, 11) is -2.40. The Morgan fingerprint density at radius 3 is 2.46 bits per heavy atom. The number of nitrogens with zero attached hydrogens (tertiary/aromatic N) is 3. The monoisotopic (exact) mass is 409 g/mol. The van der Waals surface area contributed by atoms with Crippen LogP contribution in [0.2, 0.25) is 0 Å². The summed E-state index contributed by atoms with van der Waals surface area (Å²) in [6.45, 7) is 1.95. The molecule has 1 fully saturated rings. The molecule has 0 radical (unpaired) electrons. The number of rotatable bonds is 6. The minimum atomic E-state index is -3.80. The minimum Gasteiger partial charge on any atom is -0.494 e. The van der Waals surface area contributed by atoms with Gasteiger partial charge < -0.3 is 4.74 Å². The van der Waals surface area contributed by atoms with Gasteiger partial charge in [-0.15, -0.1) is 0 Å². The summed E-state index contributed by atoms with van der Waals surface area (Å²) in [5.41, 5.74) is 0.509. The summed E-state index contributed by atoms with van der Waals surface area (Å²) in [5.74, 6) is -0.261. The number of non-ortho nitro benzene ring substituents is 1. The van der Waals surface area contributed by atoms with E-state index in [1.54, 1.807) is 12.1 Å². The molecular formula is C18H20FN3O5S. The van der Waals surface area contributed by atoms with Crippen molar-refractivity contribution in [1.29, 1.82) is 0 Å². The Balaban J connectivity index is 1.65. The van der Waals surface area contributed by atoms with E-state index in [0.29, 0.717) is 19.6 Å². The molecule has 0 saturated carbocycles. The normalized spacial score (nSPS) is 16.1. The summed E-state index contributed by atoms with van der Waals surface area (Å²) in [5, 5.41) is 10.9. The number of sulfonamides is 1. The summed E-state index contributed by atoms with van der Waals surface area (Å²) < 4.78 is 45.6. The van der Waals surface area contributed by atoms with Crippen LogP contribution in [0, 0.1) is 15.9 Å². The van der Waals surface area contributed by atoms with E-state index in [1.807, 2.05) is 4.90 Å². The number of hydrogen-bond acceptors (Lipinski definition) is 6. The van der Waals surface area contributed by atoms with Crippen LogP contribution in [-0.4, -0.2) is 55.8 Å². The van der Waals surface area contributed by atoms with Crippen LogP contribution in [0.1, 0.15) is 5.56 Å². The maximum absolute atomic E-state index is 13.8. The molecule has 0 N–H and O–H groups in total. The maximum Gasteiger partial charge on any atom is 0.270 e. The molecule has 10 heteroatoms. The lowest BCUT2D eigenvalue weighted by atomic mass is 10.2. The fourth-order valence-electron chi connectivity index (χ4n) is 3.10. The van der Waals surface area contributed by atoms with Crippen molar-refractivity contribution < 1.29 is 22.5 Å². The highest BCUT2D eigenvalue weighted by Gasteiger charge is 2.29.